The third kappa shape index (κ3) is 5.32. The molecule has 0 radical (unpaired) electrons. The first kappa shape index (κ1) is 18.4. The Morgan fingerprint density at radius 3 is 2.62 bits per heavy atom. The van der Waals surface area contributed by atoms with Gasteiger partial charge in [0.15, 0.2) is 0 Å². The third-order valence-corrected chi connectivity index (χ3v) is 4.39. The summed E-state index contributed by atoms with van der Waals surface area (Å²) in [5.41, 5.74) is 1.24. The number of aryl methyl sites for hydroxylation is 1. The zero-order valence-electron chi connectivity index (χ0n) is 13.9. The van der Waals surface area contributed by atoms with Gasteiger partial charge in [-0.1, -0.05) is 30.3 Å². The molecule has 0 unspecified atom stereocenters. The number of hydrogen-bond acceptors (Lipinski definition) is 4. The molecule has 1 heterocycles. The summed E-state index contributed by atoms with van der Waals surface area (Å²) in [7, 11) is 0. The summed E-state index contributed by atoms with van der Waals surface area (Å²) in [4.78, 5) is 26.0. The summed E-state index contributed by atoms with van der Waals surface area (Å²) in [5.74, 6) is -0.392. The molecule has 0 spiro atoms. The fraction of sp³-hybridized carbons (Fsp3) is 0.556. The van der Waals surface area contributed by atoms with Crippen molar-refractivity contribution < 1.29 is 19.8 Å². The Bertz CT molecular complexity index is 531. The van der Waals surface area contributed by atoms with Crippen LogP contribution in [0.2, 0.25) is 0 Å². The summed E-state index contributed by atoms with van der Waals surface area (Å²) < 4.78 is 0. The van der Waals surface area contributed by atoms with Gasteiger partial charge in [0.25, 0.3) is 0 Å². The number of aliphatic hydroxyl groups is 2. The summed E-state index contributed by atoms with van der Waals surface area (Å²) in [6.45, 7) is 0.452. The van der Waals surface area contributed by atoms with E-state index < -0.39 is 6.04 Å². The van der Waals surface area contributed by atoms with Crippen molar-refractivity contribution in [2.75, 3.05) is 26.3 Å². The number of piperidine rings is 1. The van der Waals surface area contributed by atoms with Gasteiger partial charge < -0.3 is 20.4 Å². The van der Waals surface area contributed by atoms with E-state index in [2.05, 4.69) is 17.4 Å². The molecule has 0 saturated carbocycles. The molecule has 6 nitrogen and oxygen atoms in total. The maximum atomic E-state index is 12.2. The van der Waals surface area contributed by atoms with Crippen LogP contribution in [0.4, 0.5) is 0 Å². The minimum Gasteiger partial charge on any atom is -0.394 e. The van der Waals surface area contributed by atoms with Crippen molar-refractivity contribution in [3.63, 3.8) is 0 Å². The first-order chi connectivity index (χ1) is 11.6. The standard InChI is InChI=1S/C18H26N2O4/c21-12-16(13-22)19-18(24)15-8-9-17(23)20(11-15)10-4-7-14-5-2-1-3-6-14/h1-3,5-6,15-16,21-22H,4,7-13H2,(H,19,24)/t15-/m1/s1. The molecule has 132 valence electrons. The molecule has 6 heteroatoms. The van der Waals surface area contributed by atoms with E-state index in [4.69, 9.17) is 10.2 Å². The lowest BCUT2D eigenvalue weighted by molar-refractivity contribution is -0.138. The molecular weight excluding hydrogens is 308 g/mol. The Balaban J connectivity index is 1.81. The van der Waals surface area contributed by atoms with Gasteiger partial charge in [-0.15, -0.1) is 0 Å². The number of nitrogens with zero attached hydrogens (tertiary/aromatic N) is 1. The van der Waals surface area contributed by atoms with Crippen molar-refractivity contribution in [2.24, 2.45) is 5.92 Å². The highest BCUT2D eigenvalue weighted by molar-refractivity contribution is 5.84. The molecule has 24 heavy (non-hydrogen) atoms. The number of carbonyl (C=O) groups excluding carboxylic acids is 2. The van der Waals surface area contributed by atoms with Gasteiger partial charge in [0.05, 0.1) is 25.2 Å². The van der Waals surface area contributed by atoms with Crippen LogP contribution in [0, 0.1) is 5.92 Å². The molecule has 3 N–H and O–H groups in total. The number of benzene rings is 1. The normalized spacial score (nSPS) is 18.0. The van der Waals surface area contributed by atoms with E-state index in [0.717, 1.165) is 12.8 Å². The number of rotatable bonds is 8. The van der Waals surface area contributed by atoms with Crippen LogP contribution in [0.3, 0.4) is 0 Å². The van der Waals surface area contributed by atoms with Crippen molar-refractivity contribution in [2.45, 2.75) is 31.7 Å². The lowest BCUT2D eigenvalue weighted by Gasteiger charge is -2.32. The Labute approximate surface area is 142 Å². The summed E-state index contributed by atoms with van der Waals surface area (Å²) in [6, 6.07) is 9.48. The van der Waals surface area contributed by atoms with Gasteiger partial charge in [-0.25, -0.2) is 0 Å². The number of carbonyl (C=O) groups is 2. The molecule has 1 fully saturated rings. The number of nitrogens with one attached hydrogen (secondary N) is 1. The zero-order valence-corrected chi connectivity index (χ0v) is 13.9. The summed E-state index contributed by atoms with van der Waals surface area (Å²) in [5, 5.41) is 20.7. The highest BCUT2D eigenvalue weighted by Gasteiger charge is 2.30. The first-order valence-corrected chi connectivity index (χ1v) is 8.47. The molecule has 2 amide bonds. The van der Waals surface area contributed by atoms with Crippen LogP contribution in [0.1, 0.15) is 24.8 Å². The molecule has 1 saturated heterocycles. The lowest BCUT2D eigenvalue weighted by Crippen LogP contribution is -2.49. The van der Waals surface area contributed by atoms with E-state index in [1.165, 1.54) is 5.56 Å². The van der Waals surface area contributed by atoms with Crippen LogP contribution in [0.5, 0.6) is 0 Å². The fourth-order valence-electron chi connectivity index (χ4n) is 2.93. The van der Waals surface area contributed by atoms with E-state index in [1.54, 1.807) is 4.90 Å². The quantitative estimate of drug-likeness (QED) is 0.639. The smallest absolute Gasteiger partial charge is 0.225 e. The monoisotopic (exact) mass is 334 g/mol. The average Bonchev–Trinajstić information content (AvgIpc) is 2.62. The Kier molecular flexibility index (Phi) is 7.21. The van der Waals surface area contributed by atoms with Crippen LogP contribution >= 0.6 is 0 Å². The van der Waals surface area contributed by atoms with E-state index in [0.29, 0.717) is 25.9 Å². The molecule has 2 rings (SSSR count). The van der Waals surface area contributed by atoms with Gasteiger partial charge in [0, 0.05) is 19.5 Å². The van der Waals surface area contributed by atoms with E-state index in [9.17, 15) is 9.59 Å². The largest absolute Gasteiger partial charge is 0.394 e. The molecule has 0 bridgehead atoms. The van der Waals surface area contributed by atoms with Crippen molar-refractivity contribution in [1.29, 1.82) is 0 Å². The molecular formula is C18H26N2O4. The number of aliphatic hydroxyl groups excluding tert-OH is 2. The minimum absolute atomic E-state index is 0.0907. The highest BCUT2D eigenvalue weighted by atomic mass is 16.3. The number of hydrogen-bond donors (Lipinski definition) is 3. The van der Waals surface area contributed by atoms with E-state index in [1.807, 2.05) is 18.2 Å². The van der Waals surface area contributed by atoms with Crippen LogP contribution in [0.25, 0.3) is 0 Å². The SMILES string of the molecule is O=C(NC(CO)CO)[C@@H]1CCC(=O)N(CCCc2ccccc2)C1. The van der Waals surface area contributed by atoms with Gasteiger partial charge in [-0.2, -0.15) is 0 Å². The fourth-order valence-corrected chi connectivity index (χ4v) is 2.93. The maximum absolute atomic E-state index is 12.2. The predicted molar refractivity (Wildman–Crippen MR) is 90.2 cm³/mol. The molecule has 1 aliphatic rings. The minimum atomic E-state index is -0.637. The summed E-state index contributed by atoms with van der Waals surface area (Å²) in [6.07, 6.45) is 2.65. The van der Waals surface area contributed by atoms with E-state index in [-0.39, 0.29) is 30.9 Å². The third-order valence-electron chi connectivity index (χ3n) is 4.39. The second-order valence-corrected chi connectivity index (χ2v) is 6.24. The van der Waals surface area contributed by atoms with Crippen molar-refractivity contribution >= 4 is 11.8 Å². The Morgan fingerprint density at radius 2 is 1.96 bits per heavy atom. The molecule has 1 atom stereocenters. The number of likely N-dealkylation sites (tertiary alicyclic amines) is 1. The zero-order chi connectivity index (χ0) is 17.4. The van der Waals surface area contributed by atoms with Crippen LogP contribution in [-0.2, 0) is 16.0 Å². The predicted octanol–water partition coefficient (Wildman–Crippen LogP) is 0.327. The van der Waals surface area contributed by atoms with Gasteiger partial charge >= 0.3 is 0 Å². The van der Waals surface area contributed by atoms with Gasteiger partial charge in [-0.05, 0) is 24.8 Å². The first-order valence-electron chi connectivity index (χ1n) is 8.47. The van der Waals surface area contributed by atoms with Crippen LogP contribution < -0.4 is 5.32 Å². The topological polar surface area (TPSA) is 89.9 Å². The Hall–Kier alpha value is -1.92. The van der Waals surface area contributed by atoms with Crippen molar-refractivity contribution in [3.8, 4) is 0 Å². The van der Waals surface area contributed by atoms with Crippen LogP contribution in [-0.4, -0.2) is 59.3 Å². The summed E-state index contributed by atoms with van der Waals surface area (Å²) >= 11 is 0. The lowest BCUT2D eigenvalue weighted by atomic mass is 9.96. The van der Waals surface area contributed by atoms with Crippen molar-refractivity contribution in [1.82, 2.24) is 10.2 Å². The van der Waals surface area contributed by atoms with Gasteiger partial charge in [-0.3, -0.25) is 9.59 Å². The second-order valence-electron chi connectivity index (χ2n) is 6.24. The molecule has 1 aliphatic heterocycles. The highest BCUT2D eigenvalue weighted by Crippen LogP contribution is 2.18. The van der Waals surface area contributed by atoms with Crippen LogP contribution in [0.15, 0.2) is 30.3 Å². The second kappa shape index (κ2) is 9.39. The number of amides is 2. The van der Waals surface area contributed by atoms with Gasteiger partial charge in [0.1, 0.15) is 0 Å². The maximum Gasteiger partial charge on any atom is 0.225 e. The van der Waals surface area contributed by atoms with E-state index >= 15 is 0 Å². The Morgan fingerprint density at radius 1 is 1.25 bits per heavy atom. The van der Waals surface area contributed by atoms with Crippen molar-refractivity contribution in [3.05, 3.63) is 35.9 Å². The molecule has 1 aromatic carbocycles. The van der Waals surface area contributed by atoms with Gasteiger partial charge in [0.2, 0.25) is 11.8 Å². The average molecular weight is 334 g/mol. The molecule has 0 aliphatic carbocycles. The molecule has 1 aromatic rings. The molecule has 0 aromatic heterocycles.